The van der Waals surface area contributed by atoms with Crippen LogP contribution in [0.3, 0.4) is 0 Å². The summed E-state index contributed by atoms with van der Waals surface area (Å²) in [5.74, 6) is 2.71. The van der Waals surface area contributed by atoms with E-state index in [1.54, 1.807) is 0 Å². The van der Waals surface area contributed by atoms with Gasteiger partial charge in [-0.15, -0.1) is 0 Å². The van der Waals surface area contributed by atoms with E-state index in [0.717, 1.165) is 46.8 Å². The zero-order valence-electron chi connectivity index (χ0n) is 15.0. The molecule has 3 nitrogen and oxygen atoms in total. The van der Waals surface area contributed by atoms with E-state index in [1.165, 1.54) is 17.3 Å². The van der Waals surface area contributed by atoms with Crippen LogP contribution in [0.1, 0.15) is 35.1 Å². The number of thioether (sulfide) groups is 2. The van der Waals surface area contributed by atoms with Crippen molar-refractivity contribution in [1.29, 1.82) is 0 Å². The number of ether oxygens (including phenoxy) is 1. The third kappa shape index (κ3) is 3.49. The molecule has 2 aliphatic rings. The normalized spacial score (nSPS) is 19.3. The van der Waals surface area contributed by atoms with Crippen molar-refractivity contribution in [2.45, 2.75) is 39.2 Å². The van der Waals surface area contributed by atoms with Gasteiger partial charge in [0.05, 0.1) is 5.57 Å². The first kappa shape index (κ1) is 18.8. The number of aryl methyl sites for hydroxylation is 3. The highest BCUT2D eigenvalue weighted by molar-refractivity contribution is 8.22. The van der Waals surface area contributed by atoms with Crippen LogP contribution in [0.25, 0.3) is 5.57 Å². The molecule has 0 saturated carbocycles. The number of carbonyl (C=O) groups excluding carboxylic acids is 1. The van der Waals surface area contributed by atoms with Crippen LogP contribution in [0.5, 0.6) is 0 Å². The topological polar surface area (TPSA) is 38.3 Å². The highest BCUT2D eigenvalue weighted by atomic mass is 32.2. The third-order valence-electron chi connectivity index (χ3n) is 4.87. The van der Waals surface area contributed by atoms with Gasteiger partial charge < -0.3 is 10.1 Å². The SMILES string of the molecule is CSC(=S)OC1=C(c2c(C)cc(C)cc2C)C(=O)NC12CCSCC2. The lowest BCUT2D eigenvalue weighted by Gasteiger charge is -2.35. The lowest BCUT2D eigenvalue weighted by Crippen LogP contribution is -2.48. The molecule has 0 atom stereocenters. The summed E-state index contributed by atoms with van der Waals surface area (Å²) in [6.45, 7) is 6.19. The second kappa shape index (κ2) is 7.33. The van der Waals surface area contributed by atoms with Gasteiger partial charge in [0.25, 0.3) is 5.91 Å². The maximum absolute atomic E-state index is 13.0. The molecule has 0 unspecified atom stereocenters. The van der Waals surface area contributed by atoms with Gasteiger partial charge in [0.15, 0.2) is 0 Å². The zero-order chi connectivity index (χ0) is 18.2. The minimum Gasteiger partial charge on any atom is -0.441 e. The van der Waals surface area contributed by atoms with E-state index in [1.807, 2.05) is 18.0 Å². The Labute approximate surface area is 163 Å². The van der Waals surface area contributed by atoms with Crippen molar-refractivity contribution in [3.05, 3.63) is 40.1 Å². The Kier molecular flexibility index (Phi) is 5.51. The van der Waals surface area contributed by atoms with E-state index in [2.05, 4.69) is 38.2 Å². The van der Waals surface area contributed by atoms with E-state index < -0.39 is 5.54 Å². The molecule has 6 heteroatoms. The van der Waals surface area contributed by atoms with Crippen LogP contribution in [-0.2, 0) is 9.53 Å². The molecular weight excluding hydrogens is 370 g/mol. The Morgan fingerprint density at radius 3 is 2.40 bits per heavy atom. The minimum absolute atomic E-state index is 0.0409. The van der Waals surface area contributed by atoms with Gasteiger partial charge >= 0.3 is 0 Å². The first-order valence-electron chi connectivity index (χ1n) is 8.37. The monoisotopic (exact) mass is 393 g/mol. The predicted octanol–water partition coefficient (Wildman–Crippen LogP) is 4.38. The molecule has 134 valence electrons. The van der Waals surface area contributed by atoms with Gasteiger partial charge in [-0.1, -0.05) is 29.5 Å². The van der Waals surface area contributed by atoms with Gasteiger partial charge in [0.1, 0.15) is 11.3 Å². The van der Waals surface area contributed by atoms with Crippen molar-refractivity contribution in [3.63, 3.8) is 0 Å². The van der Waals surface area contributed by atoms with Gasteiger partial charge in [-0.3, -0.25) is 4.79 Å². The predicted molar refractivity (Wildman–Crippen MR) is 112 cm³/mol. The average Bonchev–Trinajstić information content (AvgIpc) is 2.79. The number of rotatable bonds is 2. The highest BCUT2D eigenvalue weighted by Gasteiger charge is 2.48. The maximum atomic E-state index is 13.0. The minimum atomic E-state index is -0.415. The molecule has 0 aromatic heterocycles. The number of hydrogen-bond acceptors (Lipinski definition) is 5. The van der Waals surface area contributed by atoms with Crippen LogP contribution in [0.15, 0.2) is 17.9 Å². The Morgan fingerprint density at radius 2 is 1.84 bits per heavy atom. The van der Waals surface area contributed by atoms with Crippen molar-refractivity contribution >= 4 is 51.6 Å². The van der Waals surface area contributed by atoms with E-state index in [-0.39, 0.29) is 5.91 Å². The molecule has 0 aliphatic carbocycles. The second-order valence-corrected chi connectivity index (χ2v) is 9.32. The number of carbonyl (C=O) groups is 1. The molecule has 2 heterocycles. The molecule has 1 spiro atoms. The van der Waals surface area contributed by atoms with Crippen LogP contribution < -0.4 is 5.32 Å². The fraction of sp³-hybridized carbons (Fsp3) is 0.474. The van der Waals surface area contributed by atoms with Crippen molar-refractivity contribution in [3.8, 4) is 0 Å². The zero-order valence-corrected chi connectivity index (χ0v) is 17.5. The number of amides is 1. The van der Waals surface area contributed by atoms with Crippen LogP contribution in [-0.4, -0.2) is 33.6 Å². The number of benzene rings is 1. The molecular formula is C19H23NO2S3. The summed E-state index contributed by atoms with van der Waals surface area (Å²) in [5, 5.41) is 3.25. The van der Waals surface area contributed by atoms with Crippen LogP contribution in [0.4, 0.5) is 0 Å². The number of nitrogens with one attached hydrogen (secondary N) is 1. The molecule has 2 aliphatic heterocycles. The Balaban J connectivity index is 2.20. The van der Waals surface area contributed by atoms with Crippen LogP contribution >= 0.6 is 35.7 Å². The van der Waals surface area contributed by atoms with Crippen molar-refractivity contribution in [1.82, 2.24) is 5.32 Å². The lowest BCUT2D eigenvalue weighted by atomic mass is 9.87. The molecule has 25 heavy (non-hydrogen) atoms. The van der Waals surface area contributed by atoms with Gasteiger partial charge in [-0.2, -0.15) is 11.8 Å². The van der Waals surface area contributed by atoms with Crippen molar-refractivity contribution in [2.24, 2.45) is 0 Å². The third-order valence-corrected chi connectivity index (χ3v) is 6.85. The molecule has 0 radical (unpaired) electrons. The van der Waals surface area contributed by atoms with Gasteiger partial charge in [-0.25, -0.2) is 0 Å². The smallest absolute Gasteiger partial charge is 0.256 e. The summed E-state index contributed by atoms with van der Waals surface area (Å²) in [6.07, 6.45) is 3.66. The second-order valence-electron chi connectivity index (χ2n) is 6.68. The quantitative estimate of drug-likeness (QED) is 0.755. The summed E-state index contributed by atoms with van der Waals surface area (Å²) in [5.41, 5.74) is 4.63. The number of thiocarbonyl (C=S) groups is 1. The van der Waals surface area contributed by atoms with Gasteiger partial charge in [0, 0.05) is 0 Å². The fourth-order valence-corrected chi connectivity index (χ4v) is 5.27. The standard InChI is InChI=1S/C19H23NO2S3/c1-11-9-12(2)14(13(3)10-11)15-16(22-18(23)24-4)19(20-17(15)21)5-7-25-8-6-19/h9-10H,5-8H2,1-4H3,(H,20,21). The first-order valence-corrected chi connectivity index (χ1v) is 11.2. The lowest BCUT2D eigenvalue weighted by molar-refractivity contribution is -0.116. The molecule has 1 amide bonds. The fourth-order valence-electron chi connectivity index (χ4n) is 3.83. The Morgan fingerprint density at radius 1 is 1.24 bits per heavy atom. The highest BCUT2D eigenvalue weighted by Crippen LogP contribution is 2.44. The Hall–Kier alpha value is -0.980. The summed E-state index contributed by atoms with van der Waals surface area (Å²) in [7, 11) is 0. The first-order chi connectivity index (χ1) is 11.9. The van der Waals surface area contributed by atoms with Gasteiger partial charge in [-0.05, 0) is 80.3 Å². The largest absolute Gasteiger partial charge is 0.441 e. The average molecular weight is 394 g/mol. The summed E-state index contributed by atoms with van der Waals surface area (Å²) >= 11 is 8.66. The summed E-state index contributed by atoms with van der Waals surface area (Å²) in [4.78, 5) is 13.0. The summed E-state index contributed by atoms with van der Waals surface area (Å²) < 4.78 is 6.57. The molecule has 1 fully saturated rings. The van der Waals surface area contributed by atoms with E-state index in [0.29, 0.717) is 9.96 Å². The van der Waals surface area contributed by atoms with E-state index in [4.69, 9.17) is 17.0 Å². The molecule has 3 rings (SSSR count). The van der Waals surface area contributed by atoms with Gasteiger partial charge in [0.2, 0.25) is 4.38 Å². The molecule has 1 N–H and O–H groups in total. The molecule has 1 aromatic rings. The molecule has 0 bridgehead atoms. The van der Waals surface area contributed by atoms with Crippen LogP contribution in [0, 0.1) is 20.8 Å². The number of hydrogen-bond donors (Lipinski definition) is 1. The van der Waals surface area contributed by atoms with Crippen molar-refractivity contribution < 1.29 is 9.53 Å². The van der Waals surface area contributed by atoms with E-state index >= 15 is 0 Å². The van der Waals surface area contributed by atoms with E-state index in [9.17, 15) is 4.79 Å². The summed E-state index contributed by atoms with van der Waals surface area (Å²) in [6, 6.07) is 4.24. The van der Waals surface area contributed by atoms with Crippen LogP contribution in [0.2, 0.25) is 0 Å². The molecule has 1 aromatic carbocycles. The molecule has 1 saturated heterocycles. The van der Waals surface area contributed by atoms with Crippen molar-refractivity contribution in [2.75, 3.05) is 17.8 Å². The Bertz CT molecular complexity index is 741. The maximum Gasteiger partial charge on any atom is 0.256 e.